The smallest absolute Gasteiger partial charge is 0.305 e. The summed E-state index contributed by atoms with van der Waals surface area (Å²) in [6.45, 7) is 0.431. The largest absolute Gasteiger partial charge is 0.464 e. The summed E-state index contributed by atoms with van der Waals surface area (Å²) < 4.78 is 38.6. The molecule has 0 radical (unpaired) electrons. The van der Waals surface area contributed by atoms with Gasteiger partial charge in [-0.3, -0.25) is 9.35 Å². The lowest BCUT2D eigenvalue weighted by atomic mass is 10.1. The number of ether oxygens (including phenoxy) is 2. The molecule has 0 aliphatic rings. The van der Waals surface area contributed by atoms with Crippen molar-refractivity contribution in [3.8, 4) is 0 Å². The Morgan fingerprint density at radius 1 is 1.12 bits per heavy atom. The first-order valence-electron chi connectivity index (χ1n) is 5.55. The van der Waals surface area contributed by atoms with E-state index in [0.29, 0.717) is 6.42 Å². The summed E-state index contributed by atoms with van der Waals surface area (Å²) in [7, 11) is -2.40. The third kappa shape index (κ3) is 13.3. The van der Waals surface area contributed by atoms with Crippen LogP contribution in [0.3, 0.4) is 0 Å². The van der Waals surface area contributed by atoms with Crippen LogP contribution in [0.1, 0.15) is 32.1 Å². The van der Waals surface area contributed by atoms with Crippen LogP contribution in [0.25, 0.3) is 0 Å². The summed E-state index contributed by atoms with van der Waals surface area (Å²) in [6.07, 6.45) is 3.87. The van der Waals surface area contributed by atoms with Gasteiger partial charge < -0.3 is 9.47 Å². The van der Waals surface area contributed by atoms with Crippen LogP contribution in [0.5, 0.6) is 0 Å². The van der Waals surface area contributed by atoms with E-state index in [1.165, 1.54) is 0 Å². The fourth-order valence-electron chi connectivity index (χ4n) is 1.20. The van der Waals surface area contributed by atoms with Gasteiger partial charge in [0.05, 0.1) is 0 Å². The number of carbonyl (C=O) groups excluding carboxylic acids is 1. The first-order chi connectivity index (χ1) is 7.95. The lowest BCUT2D eigenvalue weighted by molar-refractivity contribution is -0.143. The molecule has 6 nitrogen and oxygen atoms in total. The monoisotopic (exact) mass is 268 g/mol. The normalized spacial score (nSPS) is 11.4. The average molecular weight is 268 g/mol. The number of esters is 1. The quantitative estimate of drug-likeness (QED) is 0.361. The molecule has 0 aromatic rings. The molecular weight excluding hydrogens is 248 g/mol. The number of rotatable bonds is 10. The van der Waals surface area contributed by atoms with Crippen molar-refractivity contribution in [3.05, 3.63) is 0 Å². The van der Waals surface area contributed by atoms with Gasteiger partial charge in [0.15, 0.2) is 0 Å². The maximum atomic E-state index is 11.1. The van der Waals surface area contributed by atoms with Gasteiger partial charge >= 0.3 is 5.97 Å². The SMILES string of the molecule is COCCCCCCC(=O)OCCS(=O)(=O)O. The van der Waals surface area contributed by atoms with E-state index in [0.717, 1.165) is 25.9 Å². The summed E-state index contributed by atoms with van der Waals surface area (Å²) in [5.41, 5.74) is 0. The zero-order chi connectivity index (χ0) is 13.1. The topological polar surface area (TPSA) is 89.9 Å². The maximum absolute atomic E-state index is 11.1. The molecule has 17 heavy (non-hydrogen) atoms. The van der Waals surface area contributed by atoms with E-state index in [2.05, 4.69) is 4.74 Å². The molecule has 0 bridgehead atoms. The molecule has 0 aromatic carbocycles. The molecule has 102 valence electrons. The minimum absolute atomic E-state index is 0.276. The van der Waals surface area contributed by atoms with Crippen LogP contribution in [-0.4, -0.2) is 45.0 Å². The van der Waals surface area contributed by atoms with Crippen molar-refractivity contribution in [2.24, 2.45) is 0 Å². The molecule has 1 N–H and O–H groups in total. The van der Waals surface area contributed by atoms with E-state index in [9.17, 15) is 13.2 Å². The zero-order valence-corrected chi connectivity index (χ0v) is 10.9. The molecular formula is C10H20O6S. The summed E-state index contributed by atoms with van der Waals surface area (Å²) in [6, 6.07) is 0. The van der Waals surface area contributed by atoms with Crippen molar-refractivity contribution in [2.75, 3.05) is 26.1 Å². The molecule has 0 fully saturated rings. The number of carbonyl (C=O) groups is 1. The van der Waals surface area contributed by atoms with Gasteiger partial charge in [-0.1, -0.05) is 12.8 Å². The highest BCUT2D eigenvalue weighted by Crippen LogP contribution is 2.04. The van der Waals surface area contributed by atoms with Crippen LogP contribution in [0.2, 0.25) is 0 Å². The van der Waals surface area contributed by atoms with Gasteiger partial charge in [0.2, 0.25) is 0 Å². The van der Waals surface area contributed by atoms with Gasteiger partial charge in [-0.25, -0.2) is 0 Å². The fourth-order valence-corrected chi connectivity index (χ4v) is 1.50. The molecule has 0 aromatic heterocycles. The molecule has 0 spiro atoms. The van der Waals surface area contributed by atoms with Crippen molar-refractivity contribution < 1.29 is 27.2 Å². The standard InChI is InChI=1S/C10H20O6S/c1-15-7-5-3-2-4-6-10(11)16-8-9-17(12,13)14/h2-9H2,1H3,(H,12,13,14). The highest BCUT2D eigenvalue weighted by atomic mass is 32.2. The Bertz CT molecular complexity index is 298. The Morgan fingerprint density at radius 2 is 1.76 bits per heavy atom. The molecule has 0 aliphatic heterocycles. The van der Waals surface area contributed by atoms with Gasteiger partial charge in [0, 0.05) is 20.1 Å². The zero-order valence-electron chi connectivity index (χ0n) is 10.1. The van der Waals surface area contributed by atoms with Crippen LogP contribution in [0.15, 0.2) is 0 Å². The Labute approximate surface area is 102 Å². The van der Waals surface area contributed by atoms with Crippen molar-refractivity contribution in [1.82, 2.24) is 0 Å². The molecule has 0 saturated carbocycles. The summed E-state index contributed by atoms with van der Waals surface area (Å²) in [4.78, 5) is 11.1. The lowest BCUT2D eigenvalue weighted by Gasteiger charge is -2.03. The van der Waals surface area contributed by atoms with Crippen molar-refractivity contribution in [1.29, 1.82) is 0 Å². The fraction of sp³-hybridized carbons (Fsp3) is 0.900. The Kier molecular flexibility index (Phi) is 9.01. The summed E-state index contributed by atoms with van der Waals surface area (Å²) in [5, 5.41) is 0. The molecule has 0 unspecified atom stereocenters. The average Bonchev–Trinajstić information content (AvgIpc) is 2.21. The predicted molar refractivity (Wildman–Crippen MR) is 62.3 cm³/mol. The van der Waals surface area contributed by atoms with Gasteiger partial charge in [0.25, 0.3) is 10.1 Å². The van der Waals surface area contributed by atoms with Gasteiger partial charge in [-0.05, 0) is 12.8 Å². The highest BCUT2D eigenvalue weighted by molar-refractivity contribution is 7.85. The van der Waals surface area contributed by atoms with Crippen molar-refractivity contribution in [2.45, 2.75) is 32.1 Å². The maximum Gasteiger partial charge on any atom is 0.305 e. The first-order valence-corrected chi connectivity index (χ1v) is 7.16. The van der Waals surface area contributed by atoms with Crippen LogP contribution in [-0.2, 0) is 24.4 Å². The Balaban J connectivity index is 3.35. The van der Waals surface area contributed by atoms with E-state index in [4.69, 9.17) is 9.29 Å². The van der Waals surface area contributed by atoms with Gasteiger partial charge in [0.1, 0.15) is 12.4 Å². The number of methoxy groups -OCH3 is 1. The van der Waals surface area contributed by atoms with Crippen molar-refractivity contribution in [3.63, 3.8) is 0 Å². The number of hydrogen-bond donors (Lipinski definition) is 1. The molecule has 0 rings (SSSR count). The lowest BCUT2D eigenvalue weighted by Crippen LogP contribution is -2.14. The van der Waals surface area contributed by atoms with E-state index in [-0.39, 0.29) is 13.0 Å². The second-order valence-corrected chi connectivity index (χ2v) is 5.24. The predicted octanol–water partition coefficient (Wildman–Crippen LogP) is 1.01. The second-order valence-electron chi connectivity index (χ2n) is 3.66. The molecule has 0 aliphatic carbocycles. The highest BCUT2D eigenvalue weighted by Gasteiger charge is 2.07. The molecule has 0 saturated heterocycles. The van der Waals surface area contributed by atoms with E-state index < -0.39 is 21.8 Å². The third-order valence-corrected chi connectivity index (χ3v) is 2.77. The minimum Gasteiger partial charge on any atom is -0.464 e. The third-order valence-electron chi connectivity index (χ3n) is 2.08. The van der Waals surface area contributed by atoms with Crippen molar-refractivity contribution >= 4 is 16.1 Å². The van der Waals surface area contributed by atoms with Gasteiger partial charge in [-0.15, -0.1) is 0 Å². The van der Waals surface area contributed by atoms with E-state index in [1.54, 1.807) is 7.11 Å². The second kappa shape index (κ2) is 9.38. The molecule has 0 atom stereocenters. The van der Waals surface area contributed by atoms with Crippen LogP contribution >= 0.6 is 0 Å². The number of hydrogen-bond acceptors (Lipinski definition) is 5. The van der Waals surface area contributed by atoms with E-state index >= 15 is 0 Å². The van der Waals surface area contributed by atoms with E-state index in [1.807, 2.05) is 0 Å². The van der Waals surface area contributed by atoms with Gasteiger partial charge in [-0.2, -0.15) is 8.42 Å². The number of unbranched alkanes of at least 4 members (excludes halogenated alkanes) is 3. The summed E-state index contributed by atoms with van der Waals surface area (Å²) >= 11 is 0. The first kappa shape index (κ1) is 16.3. The van der Waals surface area contributed by atoms with Crippen LogP contribution in [0.4, 0.5) is 0 Å². The Hall–Kier alpha value is -0.660. The molecule has 0 heterocycles. The molecule has 0 amide bonds. The Morgan fingerprint density at radius 3 is 2.35 bits per heavy atom. The molecule has 7 heteroatoms. The summed E-state index contributed by atoms with van der Waals surface area (Å²) in [5.74, 6) is -0.979. The minimum atomic E-state index is -4.05. The van der Waals surface area contributed by atoms with Crippen LogP contribution in [0, 0.1) is 0 Å². The van der Waals surface area contributed by atoms with Crippen LogP contribution < -0.4 is 0 Å².